The molecule has 1 unspecified atom stereocenters. The van der Waals surface area contributed by atoms with E-state index in [2.05, 4.69) is 13.8 Å². The zero-order valence-corrected chi connectivity index (χ0v) is 7.19. The molecule has 2 N–H and O–H groups in total. The monoisotopic (exact) mass is 141 g/mol. The van der Waals surface area contributed by atoms with Crippen LogP contribution in [0.15, 0.2) is 0 Å². The van der Waals surface area contributed by atoms with Crippen LogP contribution in [0.25, 0.3) is 0 Å². The summed E-state index contributed by atoms with van der Waals surface area (Å²) in [6, 6.07) is 0. The summed E-state index contributed by atoms with van der Waals surface area (Å²) in [7, 11) is 0. The lowest BCUT2D eigenvalue weighted by Crippen LogP contribution is -2.26. The van der Waals surface area contributed by atoms with Crippen molar-refractivity contribution < 1.29 is 0 Å². The molecule has 1 aliphatic rings. The summed E-state index contributed by atoms with van der Waals surface area (Å²) in [5.41, 5.74) is 6.27. The van der Waals surface area contributed by atoms with Crippen molar-refractivity contribution in [1.29, 1.82) is 0 Å². The fourth-order valence-corrected chi connectivity index (χ4v) is 2.15. The van der Waals surface area contributed by atoms with Gasteiger partial charge in [0.05, 0.1) is 0 Å². The van der Waals surface area contributed by atoms with E-state index in [1.807, 2.05) is 0 Å². The van der Waals surface area contributed by atoms with Gasteiger partial charge in [0.2, 0.25) is 0 Å². The fraction of sp³-hybridized carbons (Fsp3) is 1.00. The minimum Gasteiger partial charge on any atom is -0.330 e. The molecule has 0 amide bonds. The SMILES string of the molecule is CC[C@]1(CN)CCC(C)C1. The first-order valence-electron chi connectivity index (χ1n) is 4.42. The lowest BCUT2D eigenvalue weighted by atomic mass is 9.83. The van der Waals surface area contributed by atoms with E-state index in [1.165, 1.54) is 25.7 Å². The third kappa shape index (κ3) is 1.34. The average Bonchev–Trinajstić information content (AvgIpc) is 2.33. The molecule has 0 heterocycles. The van der Waals surface area contributed by atoms with Gasteiger partial charge >= 0.3 is 0 Å². The second-order valence-corrected chi connectivity index (χ2v) is 3.91. The molecular weight excluding hydrogens is 122 g/mol. The second kappa shape index (κ2) is 2.91. The topological polar surface area (TPSA) is 26.0 Å². The van der Waals surface area contributed by atoms with E-state index in [-0.39, 0.29) is 0 Å². The van der Waals surface area contributed by atoms with Crippen LogP contribution in [0, 0.1) is 11.3 Å². The Morgan fingerprint density at radius 2 is 2.30 bits per heavy atom. The molecule has 60 valence electrons. The van der Waals surface area contributed by atoms with E-state index in [4.69, 9.17) is 5.73 Å². The maximum Gasteiger partial charge on any atom is -0.00205 e. The lowest BCUT2D eigenvalue weighted by molar-refractivity contribution is 0.286. The number of rotatable bonds is 2. The highest BCUT2D eigenvalue weighted by molar-refractivity contribution is 4.87. The molecule has 1 fully saturated rings. The van der Waals surface area contributed by atoms with Crippen LogP contribution in [-0.2, 0) is 0 Å². The van der Waals surface area contributed by atoms with Gasteiger partial charge in [0.1, 0.15) is 0 Å². The van der Waals surface area contributed by atoms with Gasteiger partial charge in [0, 0.05) is 0 Å². The molecule has 10 heavy (non-hydrogen) atoms. The number of hydrogen-bond donors (Lipinski definition) is 1. The van der Waals surface area contributed by atoms with Crippen molar-refractivity contribution >= 4 is 0 Å². The summed E-state index contributed by atoms with van der Waals surface area (Å²) in [5.74, 6) is 0.920. The molecular formula is C9H19N. The van der Waals surface area contributed by atoms with Gasteiger partial charge in [0.15, 0.2) is 0 Å². The van der Waals surface area contributed by atoms with Gasteiger partial charge in [0.25, 0.3) is 0 Å². The first-order chi connectivity index (χ1) is 4.72. The smallest absolute Gasteiger partial charge is 0.00205 e. The molecule has 0 radical (unpaired) electrons. The molecule has 2 atom stereocenters. The van der Waals surface area contributed by atoms with Gasteiger partial charge in [-0.2, -0.15) is 0 Å². The van der Waals surface area contributed by atoms with Crippen LogP contribution in [-0.4, -0.2) is 6.54 Å². The van der Waals surface area contributed by atoms with Crippen LogP contribution in [0.2, 0.25) is 0 Å². The normalized spacial score (nSPS) is 40.5. The summed E-state index contributed by atoms with van der Waals surface area (Å²) >= 11 is 0. The van der Waals surface area contributed by atoms with Gasteiger partial charge in [-0.25, -0.2) is 0 Å². The third-order valence-corrected chi connectivity index (χ3v) is 3.13. The highest BCUT2D eigenvalue weighted by atomic mass is 14.6. The van der Waals surface area contributed by atoms with Crippen molar-refractivity contribution in [2.75, 3.05) is 6.54 Å². The molecule has 1 aliphatic carbocycles. The van der Waals surface area contributed by atoms with Crippen LogP contribution >= 0.6 is 0 Å². The Hall–Kier alpha value is -0.0400. The molecule has 0 saturated heterocycles. The predicted molar refractivity (Wildman–Crippen MR) is 44.8 cm³/mol. The maximum atomic E-state index is 5.74. The minimum atomic E-state index is 0.527. The van der Waals surface area contributed by atoms with E-state index in [9.17, 15) is 0 Å². The van der Waals surface area contributed by atoms with E-state index in [1.54, 1.807) is 0 Å². The zero-order valence-electron chi connectivity index (χ0n) is 7.19. The minimum absolute atomic E-state index is 0.527. The third-order valence-electron chi connectivity index (χ3n) is 3.13. The molecule has 1 saturated carbocycles. The maximum absolute atomic E-state index is 5.74. The first kappa shape index (κ1) is 8.06. The summed E-state index contributed by atoms with van der Waals surface area (Å²) in [6.45, 7) is 5.51. The van der Waals surface area contributed by atoms with Crippen LogP contribution < -0.4 is 5.73 Å². The van der Waals surface area contributed by atoms with Gasteiger partial charge in [-0.15, -0.1) is 0 Å². The zero-order chi connectivity index (χ0) is 7.61. The van der Waals surface area contributed by atoms with E-state index in [0.717, 1.165) is 12.5 Å². The molecule has 0 aromatic heterocycles. The van der Waals surface area contributed by atoms with Crippen molar-refractivity contribution in [1.82, 2.24) is 0 Å². The second-order valence-electron chi connectivity index (χ2n) is 3.91. The molecule has 0 aliphatic heterocycles. The molecule has 1 nitrogen and oxygen atoms in total. The van der Waals surface area contributed by atoms with Gasteiger partial charge in [-0.1, -0.05) is 20.3 Å². The molecule has 0 spiro atoms. The van der Waals surface area contributed by atoms with E-state index >= 15 is 0 Å². The van der Waals surface area contributed by atoms with E-state index < -0.39 is 0 Å². The molecule has 1 heteroatoms. The van der Waals surface area contributed by atoms with E-state index in [0.29, 0.717) is 5.41 Å². The van der Waals surface area contributed by atoms with Gasteiger partial charge in [-0.3, -0.25) is 0 Å². The van der Waals surface area contributed by atoms with Crippen LogP contribution in [0.5, 0.6) is 0 Å². The Kier molecular flexibility index (Phi) is 2.35. The van der Waals surface area contributed by atoms with Crippen LogP contribution in [0.4, 0.5) is 0 Å². The quantitative estimate of drug-likeness (QED) is 0.626. The van der Waals surface area contributed by atoms with Crippen molar-refractivity contribution in [2.45, 2.75) is 39.5 Å². The van der Waals surface area contributed by atoms with Gasteiger partial charge < -0.3 is 5.73 Å². The Labute approximate surface area is 64.0 Å². The summed E-state index contributed by atoms with van der Waals surface area (Å²) in [6.07, 6.45) is 5.39. The molecule has 0 aromatic carbocycles. The van der Waals surface area contributed by atoms with Crippen molar-refractivity contribution in [2.24, 2.45) is 17.1 Å². The Balaban J connectivity index is 2.51. The summed E-state index contributed by atoms with van der Waals surface area (Å²) < 4.78 is 0. The summed E-state index contributed by atoms with van der Waals surface area (Å²) in [4.78, 5) is 0. The molecule has 0 bridgehead atoms. The highest BCUT2D eigenvalue weighted by Gasteiger charge is 2.34. The van der Waals surface area contributed by atoms with Crippen molar-refractivity contribution in [3.63, 3.8) is 0 Å². The average molecular weight is 141 g/mol. The van der Waals surface area contributed by atoms with Crippen molar-refractivity contribution in [3.8, 4) is 0 Å². The Morgan fingerprint density at radius 1 is 1.60 bits per heavy atom. The lowest BCUT2D eigenvalue weighted by Gasteiger charge is -2.25. The predicted octanol–water partition coefficient (Wildman–Crippen LogP) is 2.16. The fourth-order valence-electron chi connectivity index (χ4n) is 2.15. The van der Waals surface area contributed by atoms with Gasteiger partial charge in [-0.05, 0) is 37.1 Å². The Morgan fingerprint density at radius 3 is 2.50 bits per heavy atom. The Bertz CT molecular complexity index is 105. The standard InChI is InChI=1S/C9H19N/c1-3-9(7-10)5-4-8(2)6-9/h8H,3-7,10H2,1-2H3/t8?,9-/m0/s1. The first-order valence-corrected chi connectivity index (χ1v) is 4.42. The molecule has 1 rings (SSSR count). The van der Waals surface area contributed by atoms with Crippen LogP contribution in [0.3, 0.4) is 0 Å². The van der Waals surface area contributed by atoms with Crippen LogP contribution in [0.1, 0.15) is 39.5 Å². The number of nitrogens with two attached hydrogens (primary N) is 1. The highest BCUT2D eigenvalue weighted by Crippen LogP contribution is 2.42. The number of hydrogen-bond acceptors (Lipinski definition) is 1. The largest absolute Gasteiger partial charge is 0.330 e. The van der Waals surface area contributed by atoms with Crippen molar-refractivity contribution in [3.05, 3.63) is 0 Å². The molecule has 0 aromatic rings. The summed E-state index contributed by atoms with van der Waals surface area (Å²) in [5, 5.41) is 0.